The van der Waals surface area contributed by atoms with E-state index in [0.717, 1.165) is 73.8 Å². The molecule has 1 aliphatic carbocycles. The Labute approximate surface area is 338 Å². The Kier molecular flexibility index (Phi) is 26.3. The molecule has 0 aliphatic heterocycles. The number of hydrogen-bond acceptors (Lipinski definition) is 11. The summed E-state index contributed by atoms with van der Waals surface area (Å²) in [5.41, 5.74) is 4.43. The number of carboxylic acid groups (broad SMARTS) is 1. The maximum Gasteiger partial charge on any atom is 0.407 e. The van der Waals surface area contributed by atoms with Gasteiger partial charge in [-0.1, -0.05) is 80.6 Å². The van der Waals surface area contributed by atoms with E-state index < -0.39 is 18.1 Å². The number of amides is 2. The number of unbranched alkanes of at least 4 members (excludes halogenated alkanes) is 7. The summed E-state index contributed by atoms with van der Waals surface area (Å²) in [7, 11) is 0. The molecule has 14 nitrogen and oxygen atoms in total. The van der Waals surface area contributed by atoms with E-state index in [-0.39, 0.29) is 31.5 Å². The van der Waals surface area contributed by atoms with Crippen LogP contribution in [0.5, 0.6) is 0 Å². The summed E-state index contributed by atoms with van der Waals surface area (Å²) in [5, 5.41) is 23.7. The van der Waals surface area contributed by atoms with Gasteiger partial charge in [0.2, 0.25) is 5.91 Å². The molecule has 1 atom stereocenters. The van der Waals surface area contributed by atoms with Gasteiger partial charge in [-0.15, -0.1) is 0 Å². The first kappa shape index (κ1) is 47.7. The Morgan fingerprint density at radius 2 is 1.05 bits per heavy atom. The molecule has 0 bridgehead atoms. The number of nitrogens with one attached hydrogen (secondary N) is 2. The second-order valence-electron chi connectivity index (χ2n) is 13.8. The highest BCUT2D eigenvalue weighted by molar-refractivity contribution is 5.81. The van der Waals surface area contributed by atoms with Crippen molar-refractivity contribution in [2.24, 2.45) is 0 Å². The molecule has 0 heterocycles. The maximum absolute atomic E-state index is 12.6. The van der Waals surface area contributed by atoms with Crippen molar-refractivity contribution in [3.8, 4) is 11.1 Å². The van der Waals surface area contributed by atoms with Crippen LogP contribution in [0.3, 0.4) is 0 Å². The number of aliphatic carboxylic acids is 1. The lowest BCUT2D eigenvalue weighted by molar-refractivity contribution is -0.139. The first-order chi connectivity index (χ1) is 28.0. The second kappa shape index (κ2) is 31.4. The fourth-order valence-electron chi connectivity index (χ4n) is 6.47. The van der Waals surface area contributed by atoms with Gasteiger partial charge < -0.3 is 54.0 Å². The highest BCUT2D eigenvalue weighted by Gasteiger charge is 2.29. The third-order valence-electron chi connectivity index (χ3n) is 9.46. The molecule has 2 aromatic rings. The van der Waals surface area contributed by atoms with Crippen molar-refractivity contribution in [2.45, 2.75) is 82.6 Å². The van der Waals surface area contributed by atoms with Gasteiger partial charge in [0.25, 0.3) is 0 Å². The van der Waals surface area contributed by atoms with Crippen LogP contribution in [-0.2, 0) is 42.7 Å². The van der Waals surface area contributed by atoms with Gasteiger partial charge in [0, 0.05) is 25.5 Å². The standard InChI is InChI=1S/C43H66N2O12/c46-21-23-52-25-27-54-29-31-56-33-32-55-30-28-53-26-24-51-22-13-5-3-1-2-4-6-19-41(47)44-20-12-11-18-40(42(48)49)45-43(50)57-34-39-37-16-9-7-14-35(37)36-15-8-10-17-38(36)39/h7-10,14-17,39-40,46H,1-6,11-13,18-34H2,(H,44,47)(H,45,50)(H,48,49)/t40-/m0/s1. The summed E-state index contributed by atoms with van der Waals surface area (Å²) in [4.78, 5) is 36.6. The number of rotatable bonds is 36. The second-order valence-corrected chi connectivity index (χ2v) is 13.8. The highest BCUT2D eigenvalue weighted by Crippen LogP contribution is 2.44. The van der Waals surface area contributed by atoms with Crippen LogP contribution in [0, 0.1) is 0 Å². The topological polar surface area (TPSA) is 180 Å². The summed E-state index contributed by atoms with van der Waals surface area (Å²) >= 11 is 0. The molecular formula is C43H66N2O12. The number of fused-ring (bicyclic) bond motifs is 3. The highest BCUT2D eigenvalue weighted by atomic mass is 16.6. The fourth-order valence-corrected chi connectivity index (χ4v) is 6.47. The molecule has 4 N–H and O–H groups in total. The smallest absolute Gasteiger partial charge is 0.407 e. The van der Waals surface area contributed by atoms with Crippen LogP contribution in [0.25, 0.3) is 11.1 Å². The van der Waals surface area contributed by atoms with Gasteiger partial charge in [-0.25, -0.2) is 9.59 Å². The number of carbonyl (C=O) groups is 3. The molecule has 0 saturated heterocycles. The van der Waals surface area contributed by atoms with Crippen molar-refractivity contribution in [2.75, 3.05) is 99.0 Å². The van der Waals surface area contributed by atoms with Crippen LogP contribution in [0.1, 0.15) is 87.7 Å². The minimum atomic E-state index is -1.11. The van der Waals surface area contributed by atoms with E-state index in [9.17, 15) is 19.5 Å². The summed E-state index contributed by atoms with van der Waals surface area (Å²) in [5.74, 6) is -1.21. The predicted molar refractivity (Wildman–Crippen MR) is 215 cm³/mol. The average molecular weight is 803 g/mol. The largest absolute Gasteiger partial charge is 0.480 e. The van der Waals surface area contributed by atoms with Crippen LogP contribution < -0.4 is 10.6 Å². The first-order valence-corrected chi connectivity index (χ1v) is 20.7. The van der Waals surface area contributed by atoms with Crippen LogP contribution in [-0.4, -0.2) is 133 Å². The number of benzene rings is 2. The summed E-state index contributed by atoms with van der Waals surface area (Å²) in [6, 6.07) is 15.0. The molecule has 2 amide bonds. The average Bonchev–Trinajstić information content (AvgIpc) is 3.54. The lowest BCUT2D eigenvalue weighted by Crippen LogP contribution is -2.41. The minimum Gasteiger partial charge on any atom is -0.480 e. The van der Waals surface area contributed by atoms with Gasteiger partial charge in [-0.3, -0.25) is 4.79 Å². The van der Waals surface area contributed by atoms with Gasteiger partial charge >= 0.3 is 12.1 Å². The van der Waals surface area contributed by atoms with Crippen molar-refractivity contribution in [3.63, 3.8) is 0 Å². The van der Waals surface area contributed by atoms with Crippen molar-refractivity contribution in [3.05, 3.63) is 59.7 Å². The molecule has 0 fully saturated rings. The molecule has 0 spiro atoms. The summed E-state index contributed by atoms with van der Waals surface area (Å²) in [6.45, 7) is 6.76. The number of alkyl carbamates (subject to hydrolysis) is 1. The summed E-state index contributed by atoms with van der Waals surface area (Å²) < 4.78 is 38.0. The van der Waals surface area contributed by atoms with Gasteiger partial charge in [0.1, 0.15) is 12.6 Å². The maximum atomic E-state index is 12.6. The molecule has 2 aromatic carbocycles. The minimum absolute atomic E-state index is 0.0109. The van der Waals surface area contributed by atoms with Crippen molar-refractivity contribution < 1.29 is 57.8 Å². The molecule has 0 aromatic heterocycles. The molecule has 0 saturated carbocycles. The van der Waals surface area contributed by atoms with Crippen LogP contribution in [0.4, 0.5) is 4.79 Å². The molecule has 57 heavy (non-hydrogen) atoms. The van der Waals surface area contributed by atoms with E-state index in [1.54, 1.807) is 0 Å². The Hall–Kier alpha value is -3.63. The van der Waals surface area contributed by atoms with E-state index in [1.807, 2.05) is 36.4 Å². The van der Waals surface area contributed by atoms with Crippen LogP contribution in [0.15, 0.2) is 48.5 Å². The Morgan fingerprint density at radius 1 is 0.579 bits per heavy atom. The summed E-state index contributed by atoms with van der Waals surface area (Å²) in [6.07, 6.45) is 8.51. The van der Waals surface area contributed by atoms with Crippen LogP contribution in [0.2, 0.25) is 0 Å². The Morgan fingerprint density at radius 3 is 1.58 bits per heavy atom. The van der Waals surface area contributed by atoms with Gasteiger partial charge in [0.05, 0.1) is 79.3 Å². The van der Waals surface area contributed by atoms with E-state index in [0.29, 0.717) is 98.5 Å². The zero-order valence-electron chi connectivity index (χ0n) is 33.6. The molecule has 3 rings (SSSR count). The van der Waals surface area contributed by atoms with E-state index in [1.165, 1.54) is 0 Å². The fraction of sp³-hybridized carbons (Fsp3) is 0.651. The molecule has 0 radical (unpaired) electrons. The molecule has 320 valence electrons. The molecular weight excluding hydrogens is 736 g/mol. The SMILES string of the molecule is O=C(CCCCCCCCCOCCOCCOCCOCCOCCOCCO)NCCCC[C@H](NC(=O)OCC1c2ccccc2-c2ccccc21)C(=O)O. The third-order valence-corrected chi connectivity index (χ3v) is 9.46. The van der Waals surface area contributed by atoms with Gasteiger partial charge in [0.15, 0.2) is 0 Å². The monoisotopic (exact) mass is 802 g/mol. The number of ether oxygens (including phenoxy) is 7. The van der Waals surface area contributed by atoms with Crippen molar-refractivity contribution >= 4 is 18.0 Å². The Balaban J connectivity index is 1.04. The molecule has 0 unspecified atom stereocenters. The zero-order valence-corrected chi connectivity index (χ0v) is 33.6. The van der Waals surface area contributed by atoms with E-state index >= 15 is 0 Å². The van der Waals surface area contributed by atoms with Crippen molar-refractivity contribution in [1.82, 2.24) is 10.6 Å². The van der Waals surface area contributed by atoms with E-state index in [4.69, 9.17) is 38.3 Å². The predicted octanol–water partition coefficient (Wildman–Crippen LogP) is 5.48. The van der Waals surface area contributed by atoms with Crippen LogP contribution >= 0.6 is 0 Å². The van der Waals surface area contributed by atoms with E-state index in [2.05, 4.69) is 22.8 Å². The third kappa shape index (κ3) is 21.1. The van der Waals surface area contributed by atoms with Crippen molar-refractivity contribution in [1.29, 1.82) is 0 Å². The zero-order chi connectivity index (χ0) is 40.6. The number of carboxylic acids is 1. The number of hydrogen-bond donors (Lipinski definition) is 4. The number of aliphatic hydroxyl groups is 1. The quantitative estimate of drug-likeness (QED) is 0.0639. The molecule has 14 heteroatoms. The number of carbonyl (C=O) groups excluding carboxylic acids is 2. The molecule has 1 aliphatic rings. The van der Waals surface area contributed by atoms with Gasteiger partial charge in [-0.05, 0) is 54.4 Å². The lowest BCUT2D eigenvalue weighted by atomic mass is 9.98. The lowest BCUT2D eigenvalue weighted by Gasteiger charge is -2.17. The van der Waals surface area contributed by atoms with Gasteiger partial charge in [-0.2, -0.15) is 0 Å². The Bertz CT molecular complexity index is 1330. The number of aliphatic hydroxyl groups excluding tert-OH is 1. The first-order valence-electron chi connectivity index (χ1n) is 20.7. The normalized spacial score (nSPS) is 12.6.